The molecule has 6 rings (SSSR count). The van der Waals surface area contributed by atoms with Gasteiger partial charge in [0.15, 0.2) is 0 Å². The van der Waals surface area contributed by atoms with Crippen LogP contribution in [0, 0.1) is 18.8 Å². The molecule has 1 saturated heterocycles. The number of aryl methyl sites for hydroxylation is 1. The van der Waals surface area contributed by atoms with Crippen LogP contribution < -0.4 is 5.32 Å². The van der Waals surface area contributed by atoms with Gasteiger partial charge in [0.05, 0.1) is 6.04 Å². The molecule has 2 bridgehead atoms. The van der Waals surface area contributed by atoms with Gasteiger partial charge in [0, 0.05) is 23.6 Å². The fourth-order valence-electron chi connectivity index (χ4n) is 5.79. The predicted octanol–water partition coefficient (Wildman–Crippen LogP) is 4.26. The van der Waals surface area contributed by atoms with Gasteiger partial charge in [-0.3, -0.25) is 9.59 Å². The van der Waals surface area contributed by atoms with Crippen LogP contribution >= 0.6 is 0 Å². The van der Waals surface area contributed by atoms with E-state index in [4.69, 9.17) is 0 Å². The molecule has 4 aliphatic rings. The van der Waals surface area contributed by atoms with Crippen molar-refractivity contribution in [2.24, 2.45) is 11.8 Å². The van der Waals surface area contributed by atoms with Crippen molar-refractivity contribution in [2.45, 2.75) is 50.6 Å². The first kappa shape index (κ1) is 18.4. The third kappa shape index (κ3) is 3.25. The molecule has 1 heterocycles. The number of nitrogens with zero attached hydrogens (tertiary/aromatic N) is 1. The van der Waals surface area contributed by atoms with Crippen LogP contribution in [-0.2, 0) is 4.79 Å². The molecule has 1 N–H and O–H groups in total. The molecule has 0 radical (unpaired) electrons. The highest BCUT2D eigenvalue weighted by Gasteiger charge is 2.59. The molecule has 0 spiro atoms. The normalized spacial score (nSPS) is 30.1. The summed E-state index contributed by atoms with van der Waals surface area (Å²) >= 11 is 0. The minimum absolute atomic E-state index is 0.0176. The van der Waals surface area contributed by atoms with Crippen LogP contribution in [0.2, 0.25) is 0 Å². The van der Waals surface area contributed by atoms with Gasteiger partial charge in [-0.25, -0.2) is 0 Å². The van der Waals surface area contributed by atoms with Crippen LogP contribution in [0.3, 0.4) is 0 Å². The van der Waals surface area contributed by atoms with Crippen LogP contribution in [0.5, 0.6) is 0 Å². The van der Waals surface area contributed by atoms with Crippen molar-refractivity contribution in [2.75, 3.05) is 6.54 Å². The summed E-state index contributed by atoms with van der Waals surface area (Å²) in [5.41, 5.74) is 3.01. The Labute approximate surface area is 172 Å². The Morgan fingerprint density at radius 3 is 2.59 bits per heavy atom. The smallest absolute Gasteiger partial charge is 0.251 e. The summed E-state index contributed by atoms with van der Waals surface area (Å²) in [5.74, 6) is 0.747. The average Bonchev–Trinajstić information content (AvgIpc) is 3.41. The maximum absolute atomic E-state index is 13.5. The number of carbonyl (C=O) groups is 2. The Morgan fingerprint density at radius 1 is 1.03 bits per heavy atom. The molecular formula is C25H28N2O2. The lowest BCUT2D eigenvalue weighted by molar-refractivity contribution is -0.137. The molecule has 4 nitrogen and oxygen atoms in total. The van der Waals surface area contributed by atoms with Crippen molar-refractivity contribution in [1.29, 1.82) is 0 Å². The standard InChI is InChI=1S/C25H28N2O2/c1-17-7-5-10-19(13-17)22-11-6-12-27(22)24(29)21-16-25(14-20(21)15-25)26-23(28)18-8-3-2-4-9-18/h2-5,7-10,13,20-22H,6,11-12,14-16H2,1H3,(H,26,28)/t20?,21-,22?,25?/m0/s1. The Kier molecular flexibility index (Phi) is 4.45. The molecular weight excluding hydrogens is 360 g/mol. The number of hydrogen-bond donors (Lipinski definition) is 1. The van der Waals surface area contributed by atoms with E-state index in [1.54, 1.807) is 0 Å². The number of likely N-dealkylation sites (tertiary alicyclic amines) is 1. The topological polar surface area (TPSA) is 49.4 Å². The number of carbonyl (C=O) groups excluding carboxylic acids is 2. The summed E-state index contributed by atoms with van der Waals surface area (Å²) in [6.45, 7) is 2.96. The van der Waals surface area contributed by atoms with Crippen molar-refractivity contribution in [1.82, 2.24) is 10.2 Å². The molecule has 1 unspecified atom stereocenters. The van der Waals surface area contributed by atoms with E-state index in [0.29, 0.717) is 17.4 Å². The maximum atomic E-state index is 13.5. The highest BCUT2D eigenvalue weighted by molar-refractivity contribution is 5.95. The summed E-state index contributed by atoms with van der Waals surface area (Å²) in [5, 5.41) is 3.25. The molecule has 29 heavy (non-hydrogen) atoms. The Bertz CT molecular complexity index is 933. The molecule has 4 heteroatoms. The number of fused-ring (bicyclic) bond motifs is 1. The molecule has 4 fully saturated rings. The van der Waals surface area contributed by atoms with E-state index in [-0.39, 0.29) is 23.4 Å². The number of amides is 2. The zero-order valence-corrected chi connectivity index (χ0v) is 16.9. The van der Waals surface area contributed by atoms with Gasteiger partial charge in [-0.2, -0.15) is 0 Å². The molecule has 0 aromatic heterocycles. The second-order valence-electron chi connectivity index (χ2n) is 9.18. The molecule has 2 aromatic carbocycles. The zero-order valence-electron chi connectivity index (χ0n) is 16.9. The van der Waals surface area contributed by atoms with Crippen LogP contribution in [0.1, 0.15) is 59.6 Å². The van der Waals surface area contributed by atoms with Gasteiger partial charge in [0.1, 0.15) is 0 Å². The number of benzene rings is 2. The monoisotopic (exact) mass is 388 g/mol. The SMILES string of the molecule is Cc1cccc(C2CCCN2C(=O)[C@H]2CC3(NC(=O)c4ccccc4)CC2C3)c1. The Balaban J connectivity index is 1.28. The van der Waals surface area contributed by atoms with Crippen molar-refractivity contribution >= 4 is 11.8 Å². The van der Waals surface area contributed by atoms with E-state index >= 15 is 0 Å². The summed E-state index contributed by atoms with van der Waals surface area (Å²) in [7, 11) is 0. The first-order valence-electron chi connectivity index (χ1n) is 10.8. The lowest BCUT2D eigenvalue weighted by Gasteiger charge is -2.39. The highest BCUT2D eigenvalue weighted by Crippen LogP contribution is 2.56. The van der Waals surface area contributed by atoms with E-state index in [1.807, 2.05) is 30.3 Å². The van der Waals surface area contributed by atoms with Gasteiger partial charge in [-0.05, 0) is 62.6 Å². The lowest BCUT2D eigenvalue weighted by Crippen LogP contribution is -2.51. The third-order valence-corrected chi connectivity index (χ3v) is 7.18. The van der Waals surface area contributed by atoms with Gasteiger partial charge in [0.25, 0.3) is 5.91 Å². The maximum Gasteiger partial charge on any atom is 0.251 e. The summed E-state index contributed by atoms with van der Waals surface area (Å²) < 4.78 is 0. The number of nitrogens with one attached hydrogen (secondary N) is 1. The molecule has 3 aliphatic carbocycles. The first-order chi connectivity index (χ1) is 14.0. The van der Waals surface area contributed by atoms with Gasteiger partial charge in [0.2, 0.25) is 5.91 Å². The summed E-state index contributed by atoms with van der Waals surface area (Å²) in [4.78, 5) is 28.2. The Morgan fingerprint density at radius 2 is 1.83 bits per heavy atom. The molecule has 3 saturated carbocycles. The van der Waals surface area contributed by atoms with Crippen molar-refractivity contribution < 1.29 is 9.59 Å². The predicted molar refractivity (Wildman–Crippen MR) is 112 cm³/mol. The van der Waals surface area contributed by atoms with Crippen molar-refractivity contribution in [3.8, 4) is 0 Å². The first-order valence-corrected chi connectivity index (χ1v) is 10.8. The molecule has 2 aromatic rings. The van der Waals surface area contributed by atoms with Gasteiger partial charge >= 0.3 is 0 Å². The largest absolute Gasteiger partial charge is 0.347 e. The van der Waals surface area contributed by atoms with Crippen LogP contribution in [0.15, 0.2) is 54.6 Å². The van der Waals surface area contributed by atoms with Crippen LogP contribution in [0.25, 0.3) is 0 Å². The van der Waals surface area contributed by atoms with Gasteiger partial charge in [-0.15, -0.1) is 0 Å². The second-order valence-corrected chi connectivity index (χ2v) is 9.18. The fraction of sp³-hybridized carbons (Fsp3) is 0.440. The summed E-state index contributed by atoms with van der Waals surface area (Å²) in [6, 6.07) is 18.1. The second kappa shape index (κ2) is 7.01. The number of hydrogen-bond acceptors (Lipinski definition) is 2. The van der Waals surface area contributed by atoms with Gasteiger partial charge < -0.3 is 10.2 Å². The van der Waals surface area contributed by atoms with Crippen LogP contribution in [0.4, 0.5) is 0 Å². The molecule has 2 amide bonds. The third-order valence-electron chi connectivity index (χ3n) is 7.18. The van der Waals surface area contributed by atoms with Crippen LogP contribution in [-0.4, -0.2) is 28.8 Å². The molecule has 2 atom stereocenters. The Hall–Kier alpha value is -2.62. The van der Waals surface area contributed by atoms with Crippen molar-refractivity contribution in [3.63, 3.8) is 0 Å². The quantitative estimate of drug-likeness (QED) is 0.851. The number of rotatable bonds is 4. The van der Waals surface area contributed by atoms with Crippen molar-refractivity contribution in [3.05, 3.63) is 71.3 Å². The zero-order chi connectivity index (χ0) is 20.0. The lowest BCUT2D eigenvalue weighted by atomic mass is 9.76. The van der Waals surface area contributed by atoms with Gasteiger partial charge in [-0.1, -0.05) is 48.0 Å². The highest BCUT2D eigenvalue weighted by atomic mass is 16.2. The van der Waals surface area contributed by atoms with E-state index < -0.39 is 0 Å². The average molecular weight is 389 g/mol. The van der Waals surface area contributed by atoms with E-state index in [9.17, 15) is 9.59 Å². The van der Waals surface area contributed by atoms with E-state index in [1.165, 1.54) is 11.1 Å². The molecule has 1 aliphatic heterocycles. The fourth-order valence-corrected chi connectivity index (χ4v) is 5.79. The minimum atomic E-state index is -0.184. The van der Waals surface area contributed by atoms with E-state index in [0.717, 1.165) is 38.6 Å². The van der Waals surface area contributed by atoms with E-state index in [2.05, 4.69) is 41.4 Å². The molecule has 150 valence electrons. The summed E-state index contributed by atoms with van der Waals surface area (Å²) in [6.07, 6.45) is 4.77. The minimum Gasteiger partial charge on any atom is -0.347 e.